The maximum atomic E-state index is 12.2. The Morgan fingerprint density at radius 2 is 1.75 bits per heavy atom. The fraction of sp³-hybridized carbons (Fsp3) is 0.467. The first kappa shape index (κ1) is 15.3. The quantitative estimate of drug-likeness (QED) is 0.619. The van der Waals surface area contributed by atoms with Crippen LogP contribution in [0.4, 0.5) is 0 Å². The zero-order valence-corrected chi connectivity index (χ0v) is 13.3. The Labute approximate surface area is 132 Å². The van der Waals surface area contributed by atoms with E-state index in [2.05, 4.69) is 27.9 Å². The van der Waals surface area contributed by atoms with Crippen molar-refractivity contribution in [2.45, 2.75) is 38.1 Å². The van der Waals surface area contributed by atoms with Crippen LogP contribution in [0.1, 0.15) is 42.5 Å². The predicted molar refractivity (Wildman–Crippen MR) is 84.6 cm³/mol. The van der Waals surface area contributed by atoms with Crippen LogP contribution in [0.3, 0.4) is 0 Å². The predicted octanol–water partition coefficient (Wildman–Crippen LogP) is 3.05. The Hall–Kier alpha value is -1.11. The molecule has 4 nitrogen and oxygen atoms in total. The minimum absolute atomic E-state index is 0.181. The van der Waals surface area contributed by atoms with Crippen molar-refractivity contribution in [3.8, 4) is 0 Å². The van der Waals surface area contributed by atoms with Gasteiger partial charge in [0.05, 0.1) is 5.92 Å². The molecule has 2 N–H and O–H groups in total. The van der Waals surface area contributed by atoms with E-state index in [0.29, 0.717) is 12.0 Å². The number of hydrogen-bond acceptors (Lipinski definition) is 2. The molecule has 1 aromatic rings. The molecule has 5 heteroatoms. The van der Waals surface area contributed by atoms with E-state index in [1.54, 1.807) is 12.1 Å². The van der Waals surface area contributed by atoms with Gasteiger partial charge in [-0.2, -0.15) is 0 Å². The van der Waals surface area contributed by atoms with Crippen molar-refractivity contribution in [2.75, 3.05) is 0 Å². The number of carbonyl (C=O) groups excluding carboxylic acids is 1. The number of halogens is 1. The van der Waals surface area contributed by atoms with Gasteiger partial charge in [0.1, 0.15) is 0 Å². The van der Waals surface area contributed by atoms with Gasteiger partial charge in [-0.25, -0.2) is 0 Å². The van der Waals surface area contributed by atoms with Crippen LogP contribution < -0.4 is 5.32 Å². The molecule has 0 radical (unpaired) electrons. The molecule has 1 aliphatic carbocycles. The second-order valence-corrected chi connectivity index (χ2v) is 6.42. The molecule has 1 amide bonds. The molecule has 0 bridgehead atoms. The van der Waals surface area contributed by atoms with Gasteiger partial charge >= 0.3 is 5.97 Å². The number of carbonyl (C=O) groups is 2. The lowest BCUT2D eigenvalue weighted by atomic mass is 9.94. The molecule has 108 valence electrons. The Morgan fingerprint density at radius 3 is 2.40 bits per heavy atom. The number of carboxylic acids is 1. The molecule has 0 aliphatic heterocycles. The highest BCUT2D eigenvalue weighted by Crippen LogP contribution is 2.24. The summed E-state index contributed by atoms with van der Waals surface area (Å²) in [5, 5.41) is 12.2. The standard InChI is InChI=1S/C15H18INO3/c16-11-8-6-10(7-9-11)14(18)17-13-5-3-1-2-4-12(13)15(19)20/h6-9,12-13H,1-5H2,(H,17,18)(H,19,20). The second-order valence-electron chi connectivity index (χ2n) is 5.17. The van der Waals surface area contributed by atoms with Gasteiger partial charge in [-0.15, -0.1) is 0 Å². The van der Waals surface area contributed by atoms with Crippen molar-refractivity contribution in [3.63, 3.8) is 0 Å². The summed E-state index contributed by atoms with van der Waals surface area (Å²) in [6.07, 6.45) is 4.33. The Balaban J connectivity index is 2.07. The molecule has 2 atom stereocenters. The summed E-state index contributed by atoms with van der Waals surface area (Å²) in [6, 6.07) is 7.02. The van der Waals surface area contributed by atoms with Gasteiger partial charge < -0.3 is 10.4 Å². The fourth-order valence-electron chi connectivity index (χ4n) is 2.63. The molecular formula is C15H18INO3. The minimum atomic E-state index is -0.806. The topological polar surface area (TPSA) is 66.4 Å². The number of amides is 1. The van der Waals surface area contributed by atoms with Crippen molar-refractivity contribution in [3.05, 3.63) is 33.4 Å². The van der Waals surface area contributed by atoms with E-state index in [9.17, 15) is 14.7 Å². The monoisotopic (exact) mass is 387 g/mol. The van der Waals surface area contributed by atoms with E-state index >= 15 is 0 Å². The van der Waals surface area contributed by atoms with Crippen molar-refractivity contribution in [1.29, 1.82) is 0 Å². The van der Waals surface area contributed by atoms with Gasteiger partial charge in [-0.3, -0.25) is 9.59 Å². The first-order valence-electron chi connectivity index (χ1n) is 6.87. The maximum Gasteiger partial charge on any atom is 0.308 e. The van der Waals surface area contributed by atoms with Gasteiger partial charge in [0.15, 0.2) is 0 Å². The summed E-state index contributed by atoms with van der Waals surface area (Å²) in [6.45, 7) is 0. The van der Waals surface area contributed by atoms with Crippen molar-refractivity contribution >= 4 is 34.5 Å². The van der Waals surface area contributed by atoms with Gasteiger partial charge in [-0.1, -0.05) is 19.3 Å². The van der Waals surface area contributed by atoms with Crippen LogP contribution in [-0.2, 0) is 4.79 Å². The van der Waals surface area contributed by atoms with E-state index in [1.807, 2.05) is 12.1 Å². The van der Waals surface area contributed by atoms with Crippen molar-refractivity contribution < 1.29 is 14.7 Å². The molecule has 0 aromatic heterocycles. The van der Waals surface area contributed by atoms with E-state index in [-0.39, 0.29) is 11.9 Å². The molecule has 2 unspecified atom stereocenters. The number of aliphatic carboxylic acids is 1. The molecule has 1 aliphatic rings. The van der Waals surface area contributed by atoms with Crippen LogP contribution in [0, 0.1) is 9.49 Å². The van der Waals surface area contributed by atoms with Crippen LogP contribution in [-0.4, -0.2) is 23.0 Å². The summed E-state index contributed by atoms with van der Waals surface area (Å²) in [5.74, 6) is -1.45. The van der Waals surface area contributed by atoms with E-state index in [1.165, 1.54) is 0 Å². The molecule has 1 aromatic carbocycles. The first-order chi connectivity index (χ1) is 9.58. The maximum absolute atomic E-state index is 12.2. The van der Waals surface area contributed by atoms with Gasteiger partial charge in [0, 0.05) is 15.2 Å². The highest BCUT2D eigenvalue weighted by molar-refractivity contribution is 14.1. The van der Waals surface area contributed by atoms with Crippen LogP contribution >= 0.6 is 22.6 Å². The van der Waals surface area contributed by atoms with Gasteiger partial charge in [0.2, 0.25) is 0 Å². The van der Waals surface area contributed by atoms with Gasteiger partial charge in [0.25, 0.3) is 5.91 Å². The first-order valence-corrected chi connectivity index (χ1v) is 7.95. The third-order valence-corrected chi connectivity index (χ3v) is 4.48. The Kier molecular flexibility index (Phi) is 5.39. The summed E-state index contributed by atoms with van der Waals surface area (Å²) >= 11 is 2.18. The zero-order chi connectivity index (χ0) is 14.5. The van der Waals surface area contributed by atoms with Crippen LogP contribution in [0.2, 0.25) is 0 Å². The lowest BCUT2D eigenvalue weighted by Crippen LogP contribution is -2.42. The van der Waals surface area contributed by atoms with E-state index < -0.39 is 11.9 Å². The molecular weight excluding hydrogens is 369 g/mol. The summed E-state index contributed by atoms with van der Waals surface area (Å²) < 4.78 is 1.07. The summed E-state index contributed by atoms with van der Waals surface area (Å²) in [7, 11) is 0. The van der Waals surface area contributed by atoms with Crippen LogP contribution in [0.25, 0.3) is 0 Å². The highest BCUT2D eigenvalue weighted by atomic mass is 127. The molecule has 0 spiro atoms. The van der Waals surface area contributed by atoms with Crippen molar-refractivity contribution in [1.82, 2.24) is 5.32 Å². The number of hydrogen-bond donors (Lipinski definition) is 2. The minimum Gasteiger partial charge on any atom is -0.481 e. The lowest BCUT2D eigenvalue weighted by Gasteiger charge is -2.22. The van der Waals surface area contributed by atoms with E-state index in [0.717, 1.165) is 29.3 Å². The molecule has 1 fully saturated rings. The highest BCUT2D eigenvalue weighted by Gasteiger charge is 2.30. The average Bonchev–Trinajstić information content (AvgIpc) is 2.65. The zero-order valence-electron chi connectivity index (χ0n) is 11.1. The van der Waals surface area contributed by atoms with E-state index in [4.69, 9.17) is 0 Å². The fourth-order valence-corrected chi connectivity index (χ4v) is 2.99. The Morgan fingerprint density at radius 1 is 1.10 bits per heavy atom. The number of carboxylic acid groups (broad SMARTS) is 1. The number of nitrogens with one attached hydrogen (secondary N) is 1. The smallest absolute Gasteiger partial charge is 0.308 e. The Bertz CT molecular complexity index is 486. The molecule has 20 heavy (non-hydrogen) atoms. The molecule has 2 rings (SSSR count). The lowest BCUT2D eigenvalue weighted by molar-refractivity contribution is -0.142. The third kappa shape index (κ3) is 3.94. The van der Waals surface area contributed by atoms with Crippen LogP contribution in [0.15, 0.2) is 24.3 Å². The number of rotatable bonds is 3. The molecule has 0 heterocycles. The molecule has 0 saturated heterocycles. The SMILES string of the molecule is O=C(NC1CCCCCC1C(=O)O)c1ccc(I)cc1. The number of benzene rings is 1. The van der Waals surface area contributed by atoms with Gasteiger partial charge in [-0.05, 0) is 59.7 Å². The second kappa shape index (κ2) is 7.06. The van der Waals surface area contributed by atoms with Crippen molar-refractivity contribution in [2.24, 2.45) is 5.92 Å². The average molecular weight is 387 g/mol. The summed E-state index contributed by atoms with van der Waals surface area (Å²) in [4.78, 5) is 23.5. The largest absolute Gasteiger partial charge is 0.481 e. The van der Waals surface area contributed by atoms with Crippen LogP contribution in [0.5, 0.6) is 0 Å². The summed E-state index contributed by atoms with van der Waals surface area (Å²) in [5.41, 5.74) is 0.582. The third-order valence-electron chi connectivity index (χ3n) is 3.76. The normalized spacial score (nSPS) is 22.9. The molecule has 1 saturated carbocycles.